The molecule has 1 aliphatic heterocycles. The molecule has 0 saturated carbocycles. The fraction of sp³-hybridized carbons (Fsp3) is 0.273. The average molecular weight is 1120 g/mol. The van der Waals surface area contributed by atoms with Crippen molar-refractivity contribution in [1.29, 1.82) is 0 Å². The monoisotopic (exact) mass is 1120 g/mol. The number of amides is 5. The summed E-state index contributed by atoms with van der Waals surface area (Å²) < 4.78 is 29.7. The van der Waals surface area contributed by atoms with Gasteiger partial charge in [-0.1, -0.05) is 184 Å². The molecule has 0 aliphatic carbocycles. The Labute approximate surface area is 483 Å². The number of aliphatic hydroxyl groups is 1. The van der Waals surface area contributed by atoms with E-state index in [-0.39, 0.29) is 45.9 Å². The molecule has 0 radical (unpaired) electrons. The Balaban J connectivity index is 1.18. The number of aliphatic hydroxyl groups excluding tert-OH is 1. The third-order valence-corrected chi connectivity index (χ3v) is 14.1. The van der Waals surface area contributed by atoms with Gasteiger partial charge in [-0.15, -0.1) is 0 Å². The van der Waals surface area contributed by atoms with Gasteiger partial charge in [0.2, 0.25) is 17.7 Å². The summed E-state index contributed by atoms with van der Waals surface area (Å²) in [6.45, 7) is 3.33. The first-order valence-corrected chi connectivity index (χ1v) is 27.7. The van der Waals surface area contributed by atoms with Crippen LogP contribution in [0.15, 0.2) is 188 Å². The second-order valence-electron chi connectivity index (χ2n) is 20.3. The minimum atomic E-state index is -1.63. The maximum Gasteiger partial charge on any atom is 0.408 e. The second-order valence-corrected chi connectivity index (χ2v) is 20.3. The zero-order valence-electron chi connectivity index (χ0n) is 46.4. The summed E-state index contributed by atoms with van der Waals surface area (Å²) in [6, 6.07) is 51.3. The predicted octanol–water partition coefficient (Wildman–Crippen LogP) is 8.83. The number of carbonyl (C=O) groups is 6. The van der Waals surface area contributed by atoms with Gasteiger partial charge in [-0.25, -0.2) is 14.4 Å². The number of nitrogens with one attached hydrogen (secondary N) is 5. The third-order valence-electron chi connectivity index (χ3n) is 14.1. The number of benzene rings is 7. The van der Waals surface area contributed by atoms with Gasteiger partial charge in [0.15, 0.2) is 0 Å². The first-order valence-electron chi connectivity index (χ1n) is 27.7. The normalized spacial score (nSPS) is 16.1. The number of hydrogen-bond acceptors (Lipinski definition) is 12. The van der Waals surface area contributed by atoms with Crippen LogP contribution in [0.25, 0.3) is 11.1 Å². The van der Waals surface area contributed by atoms with Crippen LogP contribution in [0.4, 0.5) is 9.59 Å². The molecule has 5 amide bonds. The molecule has 7 aromatic carbocycles. The van der Waals surface area contributed by atoms with Crippen molar-refractivity contribution in [3.63, 3.8) is 0 Å². The Morgan fingerprint density at radius 1 is 0.554 bits per heavy atom. The average Bonchev–Trinajstić information content (AvgIpc) is 3.56. The maximum atomic E-state index is 15.2. The number of ether oxygens (including phenoxy) is 5. The molecule has 83 heavy (non-hydrogen) atoms. The van der Waals surface area contributed by atoms with Gasteiger partial charge in [0.05, 0.1) is 6.10 Å². The van der Waals surface area contributed by atoms with E-state index in [2.05, 4.69) is 26.6 Å². The van der Waals surface area contributed by atoms with E-state index >= 15 is 14.4 Å². The van der Waals surface area contributed by atoms with Crippen molar-refractivity contribution < 1.29 is 57.6 Å². The molecule has 1 unspecified atom stereocenters. The summed E-state index contributed by atoms with van der Waals surface area (Å²) in [5, 5.41) is 25.3. The smallest absolute Gasteiger partial charge is 0.408 e. The Morgan fingerprint density at radius 2 is 1.00 bits per heavy atom. The van der Waals surface area contributed by atoms with E-state index in [9.17, 15) is 19.5 Å². The standard InChI is InChI=1S/C66H69N5O12/c1-3-44(2)60(64(76)81-41-47-23-13-6-14-24-47)71-63(75)55-35-52-33-50(29-31-58(52)79-39-45-19-9-4-10-20-45)51-30-32-59(80-40-46-21-11-5-12-22-46)53(34-51)36-56(70-66(78)83-43-49-27-17-8-18-28-49)61(73)69-57(62(74)68-55)37-54(72)38-67-65(77)82-42-48-25-15-7-16-26-48/h4-34,44,54-57,60,72H,3,35-43H2,1-2H3,(H,67,77)(H,68,74)(H,69,73)(H,70,78)(H,71,75)/t44-,54-,55+,56+,57+,60?/m1/s1. The van der Waals surface area contributed by atoms with Crippen molar-refractivity contribution in [2.24, 2.45) is 5.92 Å². The summed E-state index contributed by atoms with van der Waals surface area (Å²) in [4.78, 5) is 86.0. The van der Waals surface area contributed by atoms with Gasteiger partial charge >= 0.3 is 18.2 Å². The van der Waals surface area contributed by atoms with E-state index in [1.54, 1.807) is 67.6 Å². The first kappa shape index (κ1) is 59.6. The number of alkyl carbamates (subject to hydrolysis) is 2. The lowest BCUT2D eigenvalue weighted by atomic mass is 9.94. The Bertz CT molecular complexity index is 3250. The molecule has 0 aromatic heterocycles. The van der Waals surface area contributed by atoms with Crippen molar-refractivity contribution in [3.05, 3.63) is 227 Å². The lowest BCUT2D eigenvalue weighted by Crippen LogP contribution is -2.59. The highest BCUT2D eigenvalue weighted by Crippen LogP contribution is 2.33. The van der Waals surface area contributed by atoms with E-state index in [0.29, 0.717) is 45.7 Å². The fourth-order valence-corrected chi connectivity index (χ4v) is 9.20. The molecule has 17 nitrogen and oxygen atoms in total. The van der Waals surface area contributed by atoms with Gasteiger partial charge in [-0.3, -0.25) is 14.4 Å². The SMILES string of the molecule is CC[C@@H](C)C(NC(=O)[C@@H]1Cc2cc(ccc2OCc2ccccc2)-c2ccc(OCc3ccccc3)c(c2)C[C@H](NC(=O)OCc2ccccc2)C(=O)N[C@@H](C[C@@H](O)CNC(=O)OCc2ccccc2)C(=O)N1)C(=O)OCc1ccccc1. The van der Waals surface area contributed by atoms with Crippen molar-refractivity contribution in [3.8, 4) is 22.6 Å². The quantitative estimate of drug-likeness (QED) is 0.0276. The highest BCUT2D eigenvalue weighted by molar-refractivity contribution is 5.95. The first-order chi connectivity index (χ1) is 40.4. The minimum absolute atomic E-state index is 0.0523. The van der Waals surface area contributed by atoms with Crippen LogP contribution in [0.3, 0.4) is 0 Å². The highest BCUT2D eigenvalue weighted by atomic mass is 16.6. The van der Waals surface area contributed by atoms with Gasteiger partial charge in [0, 0.05) is 25.8 Å². The molecule has 6 N–H and O–H groups in total. The number of esters is 1. The Kier molecular flexibility index (Phi) is 21.8. The molecule has 7 aromatic rings. The third kappa shape index (κ3) is 18.3. The molecule has 1 heterocycles. The topological polar surface area (TPSA) is 229 Å². The summed E-state index contributed by atoms with van der Waals surface area (Å²) >= 11 is 0. The molecule has 430 valence electrons. The summed E-state index contributed by atoms with van der Waals surface area (Å²) in [5.74, 6) is -2.89. The number of rotatable bonds is 22. The van der Waals surface area contributed by atoms with Crippen LogP contribution in [0.5, 0.6) is 11.5 Å². The van der Waals surface area contributed by atoms with Crippen LogP contribution in [0.1, 0.15) is 65.6 Å². The van der Waals surface area contributed by atoms with Crippen molar-refractivity contribution in [2.45, 2.75) is 103 Å². The van der Waals surface area contributed by atoms with Crippen LogP contribution < -0.4 is 36.1 Å². The number of hydrogen-bond donors (Lipinski definition) is 6. The fourth-order valence-electron chi connectivity index (χ4n) is 9.20. The van der Waals surface area contributed by atoms with E-state index in [4.69, 9.17) is 23.7 Å². The van der Waals surface area contributed by atoms with Crippen LogP contribution in [-0.4, -0.2) is 77.8 Å². The molecule has 8 rings (SSSR count). The Hall–Kier alpha value is -9.48. The molecule has 4 bridgehead atoms. The maximum absolute atomic E-state index is 15.2. The van der Waals surface area contributed by atoms with Gasteiger partial charge in [0.25, 0.3) is 0 Å². The summed E-state index contributed by atoms with van der Waals surface area (Å²) in [7, 11) is 0. The van der Waals surface area contributed by atoms with E-state index in [1.807, 2.05) is 134 Å². The summed E-state index contributed by atoms with van der Waals surface area (Å²) in [5.41, 5.74) is 6.22. The van der Waals surface area contributed by atoms with E-state index in [0.717, 1.165) is 22.3 Å². The zero-order chi connectivity index (χ0) is 58.3. The van der Waals surface area contributed by atoms with Crippen LogP contribution in [0.2, 0.25) is 0 Å². The molecule has 17 heteroatoms. The van der Waals surface area contributed by atoms with Crippen molar-refractivity contribution in [1.82, 2.24) is 26.6 Å². The van der Waals surface area contributed by atoms with Crippen LogP contribution >= 0.6 is 0 Å². The van der Waals surface area contributed by atoms with Gasteiger partial charge in [-0.2, -0.15) is 0 Å². The minimum Gasteiger partial charge on any atom is -0.489 e. The molecular weight excluding hydrogens is 1050 g/mol. The second kappa shape index (κ2) is 30.4. The summed E-state index contributed by atoms with van der Waals surface area (Å²) in [6.07, 6.45) is -3.73. The lowest BCUT2D eigenvalue weighted by molar-refractivity contribution is -0.151. The molecule has 0 fully saturated rings. The molecule has 0 spiro atoms. The number of carbonyl (C=O) groups excluding carboxylic acids is 6. The molecular formula is C66H69N5O12. The van der Waals surface area contributed by atoms with Gasteiger partial charge in [0.1, 0.15) is 68.7 Å². The van der Waals surface area contributed by atoms with Crippen molar-refractivity contribution in [2.75, 3.05) is 6.54 Å². The molecule has 6 atom stereocenters. The predicted molar refractivity (Wildman–Crippen MR) is 311 cm³/mol. The molecule has 1 aliphatic rings. The largest absolute Gasteiger partial charge is 0.489 e. The van der Waals surface area contributed by atoms with Crippen molar-refractivity contribution >= 4 is 35.9 Å². The van der Waals surface area contributed by atoms with Gasteiger partial charge < -0.3 is 55.4 Å². The highest BCUT2D eigenvalue weighted by Gasteiger charge is 2.36. The zero-order valence-corrected chi connectivity index (χ0v) is 46.4. The lowest BCUT2D eigenvalue weighted by Gasteiger charge is -2.29. The Morgan fingerprint density at radius 3 is 1.48 bits per heavy atom. The van der Waals surface area contributed by atoms with Gasteiger partial charge in [-0.05, 0) is 80.3 Å². The van der Waals surface area contributed by atoms with Crippen LogP contribution in [-0.2, 0) is 79.3 Å². The van der Waals surface area contributed by atoms with E-state index < -0.39 is 85.0 Å². The van der Waals surface area contributed by atoms with E-state index in [1.165, 1.54) is 0 Å². The van der Waals surface area contributed by atoms with Crippen LogP contribution in [0, 0.1) is 5.92 Å². The number of fused-ring (bicyclic) bond motifs is 5. The molecule has 0 saturated heterocycles.